The molecular formula is C43H65N13. The van der Waals surface area contributed by atoms with Crippen LogP contribution in [0.25, 0.3) is 44.7 Å². The zero-order valence-corrected chi connectivity index (χ0v) is 36.5. The van der Waals surface area contributed by atoms with Gasteiger partial charge in [0.25, 0.3) is 0 Å². The van der Waals surface area contributed by atoms with E-state index in [1.807, 2.05) is 91.8 Å². The average Bonchev–Trinajstić information content (AvgIpc) is 4.02. The first kappa shape index (κ1) is 46.6. The second kappa shape index (κ2) is 23.4. The van der Waals surface area contributed by atoms with Gasteiger partial charge in [-0.05, 0) is 38.1 Å². The lowest BCUT2D eigenvalue weighted by Crippen LogP contribution is -1.91. The van der Waals surface area contributed by atoms with Gasteiger partial charge in [-0.25, -0.2) is 44.9 Å². The predicted molar refractivity (Wildman–Crippen MR) is 233 cm³/mol. The van der Waals surface area contributed by atoms with Gasteiger partial charge in [0.05, 0.1) is 34.1 Å². The highest BCUT2D eigenvalue weighted by atomic mass is 15.1. The predicted octanol–water partition coefficient (Wildman–Crippen LogP) is 11.4. The Hall–Kier alpha value is -5.59. The second-order valence-corrected chi connectivity index (χ2v) is 13.3. The van der Waals surface area contributed by atoms with Crippen molar-refractivity contribution in [3.63, 3.8) is 0 Å². The van der Waals surface area contributed by atoms with Crippen molar-refractivity contribution in [3.8, 4) is 0 Å². The molecule has 0 spiro atoms. The van der Waals surface area contributed by atoms with Gasteiger partial charge >= 0.3 is 0 Å². The van der Waals surface area contributed by atoms with Crippen molar-refractivity contribution in [1.29, 1.82) is 0 Å². The minimum absolute atomic E-state index is 0.381. The molecule has 0 amide bonds. The van der Waals surface area contributed by atoms with Gasteiger partial charge < -0.3 is 19.9 Å². The zero-order chi connectivity index (χ0) is 41.9. The van der Waals surface area contributed by atoms with E-state index in [4.69, 9.17) is 0 Å². The molecule has 302 valence electrons. The number of benzene rings is 1. The Bertz CT molecular complexity index is 1960. The number of nitrogens with zero attached hydrogens (tertiary/aromatic N) is 9. The first-order valence-corrected chi connectivity index (χ1v) is 20.0. The van der Waals surface area contributed by atoms with Gasteiger partial charge in [0.15, 0.2) is 22.6 Å². The van der Waals surface area contributed by atoms with Crippen LogP contribution in [0.1, 0.15) is 155 Å². The number of rotatable bonds is 4. The van der Waals surface area contributed by atoms with Crippen LogP contribution < -0.4 is 0 Å². The third-order valence-corrected chi connectivity index (χ3v) is 7.81. The molecule has 0 bridgehead atoms. The minimum Gasteiger partial charge on any atom is -0.342 e. The number of para-hydroxylation sites is 2. The summed E-state index contributed by atoms with van der Waals surface area (Å²) in [5.41, 5.74) is 9.06. The number of aryl methyl sites for hydroxylation is 2. The molecule has 0 atom stereocenters. The smallest absolute Gasteiger partial charge is 0.197 e. The molecule has 8 rings (SSSR count). The fourth-order valence-electron chi connectivity index (χ4n) is 4.73. The Morgan fingerprint density at radius 3 is 1.46 bits per heavy atom. The molecule has 0 saturated heterocycles. The molecule has 7 aromatic heterocycles. The summed E-state index contributed by atoms with van der Waals surface area (Å²) in [6.45, 7) is 32.8. The quantitative estimate of drug-likeness (QED) is 0.136. The number of aromatic nitrogens is 13. The van der Waals surface area contributed by atoms with Crippen molar-refractivity contribution in [2.45, 2.75) is 134 Å². The number of pyridine rings is 1. The Morgan fingerprint density at radius 2 is 0.911 bits per heavy atom. The van der Waals surface area contributed by atoms with Crippen LogP contribution in [-0.4, -0.2) is 64.8 Å². The van der Waals surface area contributed by atoms with Gasteiger partial charge in [-0.2, -0.15) is 0 Å². The summed E-state index contributed by atoms with van der Waals surface area (Å²) < 4.78 is 0. The third kappa shape index (κ3) is 13.0. The van der Waals surface area contributed by atoms with Gasteiger partial charge in [-0.1, -0.05) is 109 Å². The molecule has 1 aromatic carbocycles. The Kier molecular flexibility index (Phi) is 19.4. The van der Waals surface area contributed by atoms with E-state index in [1.165, 1.54) is 6.33 Å². The van der Waals surface area contributed by atoms with E-state index in [9.17, 15) is 0 Å². The Morgan fingerprint density at radius 1 is 0.446 bits per heavy atom. The fourth-order valence-corrected chi connectivity index (χ4v) is 4.73. The molecule has 0 saturated carbocycles. The highest BCUT2D eigenvalue weighted by Gasteiger charge is 2.10. The largest absolute Gasteiger partial charge is 0.342 e. The topological polar surface area (TPSA) is 179 Å². The zero-order valence-electron chi connectivity index (χ0n) is 36.5. The molecule has 7 heterocycles. The molecule has 0 aliphatic carbocycles. The van der Waals surface area contributed by atoms with Crippen LogP contribution in [0.3, 0.4) is 0 Å². The minimum atomic E-state index is 0.381. The highest BCUT2D eigenvalue weighted by molar-refractivity contribution is 5.75. The molecule has 56 heavy (non-hydrogen) atoms. The maximum absolute atomic E-state index is 4.46. The number of hydrogen-bond donors (Lipinski definition) is 4. The normalized spacial score (nSPS) is 10.4. The highest BCUT2D eigenvalue weighted by Crippen LogP contribution is 2.18. The summed E-state index contributed by atoms with van der Waals surface area (Å²) in [7, 11) is 0. The van der Waals surface area contributed by atoms with Crippen LogP contribution in [0.5, 0.6) is 0 Å². The van der Waals surface area contributed by atoms with Crippen LogP contribution in [-0.2, 0) is 0 Å². The maximum atomic E-state index is 4.46. The lowest BCUT2D eigenvalue weighted by Gasteiger charge is -1.95. The van der Waals surface area contributed by atoms with Crippen molar-refractivity contribution in [2.75, 3.05) is 0 Å². The lowest BCUT2D eigenvalue weighted by molar-refractivity contribution is 0.797. The van der Waals surface area contributed by atoms with E-state index < -0.39 is 0 Å². The van der Waals surface area contributed by atoms with Crippen molar-refractivity contribution >= 4 is 44.7 Å². The molecule has 0 unspecified atom stereocenters. The SMILES string of the molecule is CC.CC.CC.CC(C)c1nc2ccccc2[nH]1.CC(C)c1nc2ncccc2[nH]1.CC(C)c1nc2ncncc2[nH]1.Cc1nc2nc(C(C)C)[nH]c2nc1C. The monoisotopic (exact) mass is 764 g/mol. The number of nitrogens with one attached hydrogen (secondary N) is 4. The van der Waals surface area contributed by atoms with Gasteiger partial charge in [0.1, 0.15) is 35.1 Å². The number of hydrogen-bond acceptors (Lipinski definition) is 9. The van der Waals surface area contributed by atoms with Crippen molar-refractivity contribution in [1.82, 2.24) is 64.8 Å². The molecule has 13 heteroatoms. The summed E-state index contributed by atoms with van der Waals surface area (Å²) in [6, 6.07) is 12.0. The van der Waals surface area contributed by atoms with E-state index in [2.05, 4.69) is 120 Å². The summed E-state index contributed by atoms with van der Waals surface area (Å²) in [4.78, 5) is 51.2. The molecular weight excluding hydrogens is 699 g/mol. The van der Waals surface area contributed by atoms with E-state index >= 15 is 0 Å². The van der Waals surface area contributed by atoms with Crippen LogP contribution in [0.2, 0.25) is 0 Å². The Labute approximate surface area is 332 Å². The molecule has 0 aliphatic rings. The fraction of sp³-hybridized carbons (Fsp3) is 0.465. The molecule has 4 N–H and O–H groups in total. The average molecular weight is 764 g/mol. The Balaban J connectivity index is 0.000000247. The van der Waals surface area contributed by atoms with Gasteiger partial charge in [-0.3, -0.25) is 0 Å². The molecule has 0 radical (unpaired) electrons. The van der Waals surface area contributed by atoms with Crippen molar-refractivity contribution in [2.24, 2.45) is 0 Å². The number of H-pyrrole nitrogens is 4. The molecule has 0 fully saturated rings. The number of fused-ring (bicyclic) bond motifs is 4. The number of imidazole rings is 4. The molecule has 0 aliphatic heterocycles. The van der Waals surface area contributed by atoms with Crippen LogP contribution in [0.4, 0.5) is 0 Å². The van der Waals surface area contributed by atoms with Crippen LogP contribution in [0, 0.1) is 13.8 Å². The molecule has 13 nitrogen and oxygen atoms in total. The van der Waals surface area contributed by atoms with E-state index in [0.717, 1.165) is 79.3 Å². The van der Waals surface area contributed by atoms with E-state index in [0.29, 0.717) is 23.7 Å². The number of aromatic amines is 4. The van der Waals surface area contributed by atoms with Gasteiger partial charge in [0, 0.05) is 29.9 Å². The summed E-state index contributed by atoms with van der Waals surface area (Å²) in [5, 5.41) is 0. The van der Waals surface area contributed by atoms with Crippen molar-refractivity contribution < 1.29 is 0 Å². The first-order valence-electron chi connectivity index (χ1n) is 20.0. The van der Waals surface area contributed by atoms with Crippen molar-refractivity contribution in [3.05, 3.63) is 89.8 Å². The van der Waals surface area contributed by atoms with Gasteiger partial charge in [0.2, 0.25) is 0 Å². The van der Waals surface area contributed by atoms with Crippen LogP contribution >= 0.6 is 0 Å². The summed E-state index contributed by atoms with van der Waals surface area (Å²) in [6.07, 6.45) is 5.00. The standard InChI is InChI=1S/C10H14N4.C10H12N2.C9H11N3.C8H10N4.3C2H6/c1-5(2)8-13-9-10(14-8)12-7(4)6(3)11-9;1-7(2)10-11-8-5-3-4-6-9(8)12-10;1-6(2)8-11-7-4-3-5-10-9(7)12-8;1-5(2)7-11-6-3-9-4-10-8(6)12-7;3*1-2/h5H,1-4H3,(H,11,12,13,14);3-7H,1-2H3,(H,11,12);3-6H,1-2H3,(H,10,11,12);3-5H,1-2H3,(H,9,10,11,12);3*1-2H3. The summed E-state index contributed by atoms with van der Waals surface area (Å²) in [5.74, 6) is 5.66. The lowest BCUT2D eigenvalue weighted by atomic mass is 10.2. The third-order valence-electron chi connectivity index (χ3n) is 7.81. The molecule has 8 aromatic rings. The summed E-state index contributed by atoms with van der Waals surface area (Å²) >= 11 is 0. The second-order valence-electron chi connectivity index (χ2n) is 13.3. The van der Waals surface area contributed by atoms with Gasteiger partial charge in [-0.15, -0.1) is 0 Å². The van der Waals surface area contributed by atoms with Crippen LogP contribution in [0.15, 0.2) is 55.1 Å². The first-order chi connectivity index (χ1) is 26.9. The van der Waals surface area contributed by atoms with E-state index in [1.54, 1.807) is 12.4 Å². The maximum Gasteiger partial charge on any atom is 0.197 e. The van der Waals surface area contributed by atoms with E-state index in [-0.39, 0.29) is 0 Å².